The van der Waals surface area contributed by atoms with Crippen molar-refractivity contribution in [2.45, 2.75) is 39.3 Å². The van der Waals surface area contributed by atoms with Gasteiger partial charge in [0, 0.05) is 25.2 Å². The molecule has 0 aliphatic carbocycles. The number of aliphatic hydroxyl groups is 1. The Bertz CT molecular complexity index is 194. The molecule has 1 unspecified atom stereocenters. The average molecular weight is 214 g/mol. The summed E-state index contributed by atoms with van der Waals surface area (Å²) < 4.78 is 0. The molecule has 0 bridgehead atoms. The van der Waals surface area contributed by atoms with Crippen LogP contribution in [0.2, 0.25) is 0 Å². The molecule has 2 N–H and O–H groups in total. The summed E-state index contributed by atoms with van der Waals surface area (Å²) in [7, 11) is 2.00. The van der Waals surface area contributed by atoms with Gasteiger partial charge in [0.2, 0.25) is 0 Å². The molecule has 0 aromatic carbocycles. The predicted molar refractivity (Wildman–Crippen MR) is 66.1 cm³/mol. The van der Waals surface area contributed by atoms with Gasteiger partial charge in [-0.1, -0.05) is 6.58 Å². The summed E-state index contributed by atoms with van der Waals surface area (Å²) in [4.78, 5) is 2.08. The van der Waals surface area contributed by atoms with Crippen LogP contribution in [-0.2, 0) is 0 Å². The number of likely N-dealkylation sites (N-methyl/N-ethyl adjacent to an activating group) is 1. The highest BCUT2D eigenvalue weighted by molar-refractivity contribution is 5.00. The number of rotatable bonds is 6. The molecule has 0 saturated carbocycles. The van der Waals surface area contributed by atoms with Crippen molar-refractivity contribution < 1.29 is 5.11 Å². The lowest BCUT2D eigenvalue weighted by Crippen LogP contribution is -2.39. The Hall–Kier alpha value is -0.380. The predicted octanol–water partition coefficient (Wildman–Crippen LogP) is 1.24. The van der Waals surface area contributed by atoms with Gasteiger partial charge < -0.3 is 10.4 Å². The Morgan fingerprint density at radius 3 is 2.40 bits per heavy atom. The van der Waals surface area contributed by atoms with Crippen LogP contribution in [0.15, 0.2) is 12.2 Å². The number of hydrogen-bond acceptors (Lipinski definition) is 3. The first-order valence-corrected chi connectivity index (χ1v) is 5.49. The van der Waals surface area contributed by atoms with E-state index < -0.39 is 0 Å². The molecule has 0 radical (unpaired) electrons. The van der Waals surface area contributed by atoms with Crippen LogP contribution in [0.4, 0.5) is 0 Å². The molecule has 0 saturated heterocycles. The van der Waals surface area contributed by atoms with Gasteiger partial charge >= 0.3 is 0 Å². The Labute approximate surface area is 94.2 Å². The van der Waals surface area contributed by atoms with E-state index in [1.165, 1.54) is 0 Å². The largest absolute Gasteiger partial charge is 0.392 e. The smallest absolute Gasteiger partial charge is 0.0639 e. The summed E-state index contributed by atoms with van der Waals surface area (Å²) in [6.07, 6.45) is -0.279. The quantitative estimate of drug-likeness (QED) is 0.653. The fraction of sp³-hybridized carbons (Fsp3) is 0.833. The maximum absolute atomic E-state index is 9.21. The summed E-state index contributed by atoms with van der Waals surface area (Å²) in [5, 5.41) is 12.6. The zero-order chi connectivity index (χ0) is 12.1. The number of nitrogens with zero attached hydrogens (tertiary/aromatic N) is 1. The highest BCUT2D eigenvalue weighted by Gasteiger charge is 2.10. The maximum atomic E-state index is 9.21. The fourth-order valence-corrected chi connectivity index (χ4v) is 1.34. The number of nitrogens with one attached hydrogen (secondary N) is 1. The second kappa shape index (κ2) is 6.26. The Morgan fingerprint density at radius 1 is 1.47 bits per heavy atom. The van der Waals surface area contributed by atoms with Crippen LogP contribution in [0.1, 0.15) is 27.7 Å². The zero-order valence-electron chi connectivity index (χ0n) is 10.8. The van der Waals surface area contributed by atoms with E-state index in [4.69, 9.17) is 0 Å². The Balaban J connectivity index is 3.74. The van der Waals surface area contributed by atoms with Crippen LogP contribution in [0.25, 0.3) is 0 Å². The minimum Gasteiger partial charge on any atom is -0.392 e. The van der Waals surface area contributed by atoms with Crippen molar-refractivity contribution >= 4 is 0 Å². The zero-order valence-corrected chi connectivity index (χ0v) is 10.8. The molecule has 0 amide bonds. The number of aliphatic hydroxyl groups excluding tert-OH is 1. The van der Waals surface area contributed by atoms with Crippen molar-refractivity contribution in [3.05, 3.63) is 12.2 Å². The van der Waals surface area contributed by atoms with Gasteiger partial charge in [0.25, 0.3) is 0 Å². The van der Waals surface area contributed by atoms with Crippen LogP contribution in [-0.4, -0.2) is 48.3 Å². The highest BCUT2D eigenvalue weighted by Crippen LogP contribution is 2.01. The summed E-state index contributed by atoms with van der Waals surface area (Å²) in [6.45, 7) is 14.6. The molecule has 0 aromatic rings. The van der Waals surface area contributed by atoms with Gasteiger partial charge in [-0.2, -0.15) is 0 Å². The second-order valence-corrected chi connectivity index (χ2v) is 5.40. The molecular weight excluding hydrogens is 188 g/mol. The first-order chi connectivity index (χ1) is 6.70. The Kier molecular flexibility index (Phi) is 6.10. The van der Waals surface area contributed by atoms with Crippen LogP contribution >= 0.6 is 0 Å². The van der Waals surface area contributed by atoms with Gasteiger partial charge in [0.05, 0.1) is 6.10 Å². The molecule has 0 rings (SSSR count). The van der Waals surface area contributed by atoms with Crippen molar-refractivity contribution in [3.63, 3.8) is 0 Å². The van der Waals surface area contributed by atoms with Gasteiger partial charge in [-0.25, -0.2) is 0 Å². The third kappa shape index (κ3) is 9.91. The molecular formula is C12H26N2O. The summed E-state index contributed by atoms with van der Waals surface area (Å²) >= 11 is 0. The molecule has 0 aliphatic rings. The van der Waals surface area contributed by atoms with E-state index in [9.17, 15) is 5.11 Å². The average Bonchev–Trinajstić information content (AvgIpc) is 1.97. The summed E-state index contributed by atoms with van der Waals surface area (Å²) in [5.74, 6) is 0. The molecule has 3 nitrogen and oxygen atoms in total. The molecule has 0 aliphatic heterocycles. The minimum absolute atomic E-state index is 0.131. The molecule has 0 aromatic heterocycles. The maximum Gasteiger partial charge on any atom is 0.0639 e. The molecule has 0 spiro atoms. The van der Waals surface area contributed by atoms with Crippen molar-refractivity contribution in [1.29, 1.82) is 0 Å². The van der Waals surface area contributed by atoms with E-state index in [1.807, 2.05) is 7.05 Å². The third-order valence-electron chi connectivity index (χ3n) is 1.94. The van der Waals surface area contributed by atoms with Crippen molar-refractivity contribution in [1.82, 2.24) is 10.2 Å². The first-order valence-electron chi connectivity index (χ1n) is 5.49. The third-order valence-corrected chi connectivity index (χ3v) is 1.94. The van der Waals surface area contributed by atoms with Crippen molar-refractivity contribution in [3.8, 4) is 0 Å². The van der Waals surface area contributed by atoms with E-state index in [-0.39, 0.29) is 11.6 Å². The lowest BCUT2D eigenvalue weighted by atomic mass is 10.1. The minimum atomic E-state index is -0.279. The number of hydrogen-bond donors (Lipinski definition) is 2. The van der Waals surface area contributed by atoms with Gasteiger partial charge in [-0.05, 0) is 40.3 Å². The van der Waals surface area contributed by atoms with Crippen LogP contribution < -0.4 is 5.32 Å². The van der Waals surface area contributed by atoms with E-state index in [0.29, 0.717) is 6.54 Å². The van der Waals surface area contributed by atoms with E-state index in [0.717, 1.165) is 18.7 Å². The van der Waals surface area contributed by atoms with E-state index in [2.05, 4.69) is 37.6 Å². The van der Waals surface area contributed by atoms with Gasteiger partial charge in [-0.3, -0.25) is 4.90 Å². The first kappa shape index (κ1) is 14.6. The lowest BCUT2D eigenvalue weighted by molar-refractivity contribution is 0.146. The van der Waals surface area contributed by atoms with Gasteiger partial charge in [-0.15, -0.1) is 0 Å². The second-order valence-electron chi connectivity index (χ2n) is 5.40. The molecule has 3 heteroatoms. The van der Waals surface area contributed by atoms with Crippen LogP contribution in [0.5, 0.6) is 0 Å². The standard InChI is InChI=1S/C12H26N2O/c1-10(7-13-12(3,4)5)8-14(6)9-11(2)15/h11,13,15H,1,7-9H2,2-6H3. The van der Waals surface area contributed by atoms with Crippen LogP contribution in [0, 0.1) is 0 Å². The highest BCUT2D eigenvalue weighted by atomic mass is 16.3. The molecule has 90 valence electrons. The van der Waals surface area contributed by atoms with Crippen LogP contribution in [0.3, 0.4) is 0 Å². The lowest BCUT2D eigenvalue weighted by Gasteiger charge is -2.24. The Morgan fingerprint density at radius 2 is 2.00 bits per heavy atom. The van der Waals surface area contributed by atoms with Gasteiger partial charge in [0.1, 0.15) is 0 Å². The monoisotopic (exact) mass is 214 g/mol. The molecule has 15 heavy (non-hydrogen) atoms. The fourth-order valence-electron chi connectivity index (χ4n) is 1.34. The molecule has 0 heterocycles. The summed E-state index contributed by atoms with van der Waals surface area (Å²) in [6, 6.07) is 0. The van der Waals surface area contributed by atoms with Gasteiger partial charge in [0.15, 0.2) is 0 Å². The normalized spacial score (nSPS) is 14.3. The molecule has 0 fully saturated rings. The molecule has 1 atom stereocenters. The SMILES string of the molecule is C=C(CNC(C)(C)C)CN(C)CC(C)O. The van der Waals surface area contributed by atoms with E-state index >= 15 is 0 Å². The van der Waals surface area contributed by atoms with E-state index in [1.54, 1.807) is 6.92 Å². The van der Waals surface area contributed by atoms with Crippen molar-refractivity contribution in [2.75, 3.05) is 26.7 Å². The topological polar surface area (TPSA) is 35.5 Å². The summed E-state index contributed by atoms with van der Waals surface area (Å²) in [5.41, 5.74) is 1.28. The van der Waals surface area contributed by atoms with Crippen molar-refractivity contribution in [2.24, 2.45) is 0 Å².